The minimum atomic E-state index is -0.876. The highest BCUT2D eigenvalue weighted by Crippen LogP contribution is 2.34. The predicted molar refractivity (Wildman–Crippen MR) is 146 cm³/mol. The third-order valence-electron chi connectivity index (χ3n) is 6.52. The molecule has 1 atom stereocenters. The molecule has 0 aliphatic carbocycles. The molecule has 0 saturated heterocycles. The van der Waals surface area contributed by atoms with Crippen LogP contribution in [0, 0.1) is 0 Å². The van der Waals surface area contributed by atoms with Crippen LogP contribution in [0.25, 0.3) is 0 Å². The standard InChI is InChI=1S/C31H44O5/c1-22(2)28(33)31(8,9)34-21-18-23(3)35-26-14-10-24(11-15-26)30(6,7)25-12-16-27(17-13-25)36-29(4,5)19-20-32/h10-17,23,32H,1,18-21H2,2-9H3. The third kappa shape index (κ3) is 8.21. The molecule has 198 valence electrons. The van der Waals surface area contributed by atoms with Crippen LogP contribution in [0.1, 0.15) is 79.4 Å². The Balaban J connectivity index is 1.96. The lowest BCUT2D eigenvalue weighted by molar-refractivity contribution is -0.136. The summed E-state index contributed by atoms with van der Waals surface area (Å²) in [5, 5.41) is 9.22. The second kappa shape index (κ2) is 12.1. The van der Waals surface area contributed by atoms with Gasteiger partial charge in [-0.05, 0) is 82.5 Å². The van der Waals surface area contributed by atoms with Gasteiger partial charge in [-0.2, -0.15) is 0 Å². The molecular formula is C31H44O5. The van der Waals surface area contributed by atoms with Crippen LogP contribution < -0.4 is 9.47 Å². The van der Waals surface area contributed by atoms with Gasteiger partial charge in [0.15, 0.2) is 5.78 Å². The number of carbonyl (C=O) groups is 1. The number of rotatable bonds is 14. The number of aliphatic hydroxyl groups is 1. The molecule has 0 radical (unpaired) electrons. The summed E-state index contributed by atoms with van der Waals surface area (Å²) >= 11 is 0. The fourth-order valence-corrected chi connectivity index (χ4v) is 4.05. The van der Waals surface area contributed by atoms with Crippen LogP contribution in [0.3, 0.4) is 0 Å². The summed E-state index contributed by atoms with van der Waals surface area (Å²) in [6.45, 7) is 19.8. The van der Waals surface area contributed by atoms with Crippen LogP contribution in [0.2, 0.25) is 0 Å². The van der Waals surface area contributed by atoms with E-state index in [1.54, 1.807) is 20.8 Å². The lowest BCUT2D eigenvalue weighted by Crippen LogP contribution is -2.36. The predicted octanol–water partition coefficient (Wildman–Crippen LogP) is 6.65. The zero-order chi connectivity index (χ0) is 27.1. The molecule has 0 fully saturated rings. The van der Waals surface area contributed by atoms with E-state index < -0.39 is 11.2 Å². The topological polar surface area (TPSA) is 65.0 Å². The van der Waals surface area contributed by atoms with E-state index in [0.29, 0.717) is 25.0 Å². The molecule has 0 aromatic heterocycles. The molecule has 5 heteroatoms. The van der Waals surface area contributed by atoms with Gasteiger partial charge in [-0.15, -0.1) is 0 Å². The van der Waals surface area contributed by atoms with Crippen molar-refractivity contribution in [2.45, 2.75) is 91.0 Å². The van der Waals surface area contributed by atoms with E-state index in [-0.39, 0.29) is 23.9 Å². The van der Waals surface area contributed by atoms with Gasteiger partial charge in [0.25, 0.3) is 0 Å². The molecule has 0 bridgehead atoms. The van der Waals surface area contributed by atoms with E-state index in [4.69, 9.17) is 14.2 Å². The number of hydrogen-bond donors (Lipinski definition) is 1. The Morgan fingerprint density at radius 3 is 1.89 bits per heavy atom. The molecule has 0 spiro atoms. The molecule has 2 aromatic rings. The normalized spacial score (nSPS) is 13.2. The highest BCUT2D eigenvalue weighted by molar-refractivity contribution is 6.00. The molecular weight excluding hydrogens is 452 g/mol. The Morgan fingerprint density at radius 2 is 1.42 bits per heavy atom. The Morgan fingerprint density at radius 1 is 0.917 bits per heavy atom. The summed E-state index contributed by atoms with van der Waals surface area (Å²) in [5.74, 6) is 1.51. The first kappa shape index (κ1) is 29.6. The summed E-state index contributed by atoms with van der Waals surface area (Å²) in [7, 11) is 0. The van der Waals surface area contributed by atoms with Gasteiger partial charge in [0.2, 0.25) is 0 Å². The van der Waals surface area contributed by atoms with Crippen LogP contribution in [0.15, 0.2) is 60.7 Å². The lowest BCUT2D eigenvalue weighted by atomic mass is 9.78. The first-order valence-electron chi connectivity index (χ1n) is 12.7. The second-order valence-electron chi connectivity index (χ2n) is 11.2. The van der Waals surface area contributed by atoms with E-state index >= 15 is 0 Å². The molecule has 0 saturated carbocycles. The maximum absolute atomic E-state index is 12.2. The van der Waals surface area contributed by atoms with Gasteiger partial charge in [-0.25, -0.2) is 0 Å². The maximum atomic E-state index is 12.2. The summed E-state index contributed by atoms with van der Waals surface area (Å²) in [5.41, 5.74) is 1.38. The average molecular weight is 497 g/mol. The van der Waals surface area contributed by atoms with Gasteiger partial charge in [-0.3, -0.25) is 4.79 Å². The number of carbonyl (C=O) groups excluding carboxylic acids is 1. The molecule has 5 nitrogen and oxygen atoms in total. The minimum absolute atomic E-state index is 0.0535. The number of benzene rings is 2. The highest BCUT2D eigenvalue weighted by atomic mass is 16.5. The van der Waals surface area contributed by atoms with Gasteiger partial charge in [-0.1, -0.05) is 44.7 Å². The summed E-state index contributed by atoms with van der Waals surface area (Å²) in [4.78, 5) is 12.2. The van der Waals surface area contributed by atoms with Crippen LogP contribution in [0.4, 0.5) is 0 Å². The van der Waals surface area contributed by atoms with E-state index in [1.165, 1.54) is 11.1 Å². The van der Waals surface area contributed by atoms with E-state index in [1.807, 2.05) is 45.0 Å². The molecule has 0 aliphatic heterocycles. The highest BCUT2D eigenvalue weighted by Gasteiger charge is 2.29. The SMILES string of the molecule is C=C(C)C(=O)C(C)(C)OCCC(C)Oc1ccc(C(C)(C)c2ccc(OC(C)(C)CCO)cc2)cc1. The van der Waals surface area contributed by atoms with Crippen molar-refractivity contribution in [3.05, 3.63) is 71.8 Å². The van der Waals surface area contributed by atoms with Crippen LogP contribution in [-0.4, -0.2) is 41.4 Å². The van der Waals surface area contributed by atoms with Crippen molar-refractivity contribution in [3.63, 3.8) is 0 Å². The first-order valence-corrected chi connectivity index (χ1v) is 12.7. The molecule has 1 N–H and O–H groups in total. The zero-order valence-electron chi connectivity index (χ0n) is 23.3. The second-order valence-corrected chi connectivity index (χ2v) is 11.2. The van der Waals surface area contributed by atoms with Gasteiger partial charge < -0.3 is 19.3 Å². The Kier molecular flexibility index (Phi) is 9.93. The largest absolute Gasteiger partial charge is 0.491 e. The maximum Gasteiger partial charge on any atom is 0.189 e. The molecule has 0 aliphatic rings. The number of Topliss-reactive ketones (excluding diaryl/α,β-unsaturated/α-hetero) is 1. The van der Waals surface area contributed by atoms with Crippen molar-refractivity contribution < 1.29 is 24.1 Å². The molecule has 2 rings (SSSR count). The van der Waals surface area contributed by atoms with Gasteiger partial charge >= 0.3 is 0 Å². The van der Waals surface area contributed by atoms with Crippen LogP contribution in [0.5, 0.6) is 11.5 Å². The zero-order valence-corrected chi connectivity index (χ0v) is 23.3. The van der Waals surface area contributed by atoms with Crippen LogP contribution >= 0.6 is 0 Å². The lowest BCUT2D eigenvalue weighted by Gasteiger charge is -2.28. The number of ketones is 1. The molecule has 36 heavy (non-hydrogen) atoms. The van der Waals surface area contributed by atoms with Crippen molar-refractivity contribution in [2.75, 3.05) is 13.2 Å². The summed E-state index contributed by atoms with van der Waals surface area (Å²) < 4.78 is 17.9. The molecule has 0 amide bonds. The Bertz CT molecular complexity index is 1000. The van der Waals surface area contributed by atoms with Crippen molar-refractivity contribution >= 4 is 5.78 Å². The Hall–Kier alpha value is -2.63. The van der Waals surface area contributed by atoms with Crippen molar-refractivity contribution in [2.24, 2.45) is 0 Å². The van der Waals surface area contributed by atoms with Gasteiger partial charge in [0, 0.05) is 24.9 Å². The number of aliphatic hydroxyl groups excluding tert-OH is 1. The quantitative estimate of drug-likeness (QED) is 0.297. The molecule has 1 unspecified atom stereocenters. The monoisotopic (exact) mass is 496 g/mol. The number of hydrogen-bond acceptors (Lipinski definition) is 5. The van der Waals surface area contributed by atoms with Crippen LogP contribution in [-0.2, 0) is 14.9 Å². The van der Waals surface area contributed by atoms with E-state index in [0.717, 1.165) is 11.5 Å². The van der Waals surface area contributed by atoms with Crippen molar-refractivity contribution in [1.29, 1.82) is 0 Å². The third-order valence-corrected chi connectivity index (χ3v) is 6.52. The van der Waals surface area contributed by atoms with E-state index in [9.17, 15) is 9.90 Å². The van der Waals surface area contributed by atoms with Crippen molar-refractivity contribution in [3.8, 4) is 11.5 Å². The summed E-state index contributed by atoms with van der Waals surface area (Å²) in [6, 6.07) is 16.4. The van der Waals surface area contributed by atoms with Crippen molar-refractivity contribution in [1.82, 2.24) is 0 Å². The fraction of sp³-hybridized carbons (Fsp3) is 0.516. The fourth-order valence-electron chi connectivity index (χ4n) is 4.05. The van der Waals surface area contributed by atoms with E-state index in [2.05, 4.69) is 44.7 Å². The smallest absolute Gasteiger partial charge is 0.189 e. The Labute approximate surface area is 217 Å². The van der Waals surface area contributed by atoms with Gasteiger partial charge in [0.1, 0.15) is 22.7 Å². The summed E-state index contributed by atoms with van der Waals surface area (Å²) in [6.07, 6.45) is 1.19. The number of ether oxygens (including phenoxy) is 3. The first-order chi connectivity index (χ1) is 16.7. The minimum Gasteiger partial charge on any atom is -0.491 e. The molecule has 0 heterocycles. The van der Waals surface area contributed by atoms with Gasteiger partial charge in [0.05, 0.1) is 12.7 Å². The average Bonchev–Trinajstić information content (AvgIpc) is 2.78. The molecule has 2 aromatic carbocycles.